The molecule has 1 aromatic heterocycles. The van der Waals surface area contributed by atoms with E-state index in [1.54, 1.807) is 4.68 Å². The molecule has 2 aromatic rings. The van der Waals surface area contributed by atoms with Crippen LogP contribution in [-0.4, -0.2) is 15.6 Å². The summed E-state index contributed by atoms with van der Waals surface area (Å²) >= 11 is 0. The van der Waals surface area contributed by atoms with Gasteiger partial charge in [-0.3, -0.25) is 9.48 Å². The summed E-state index contributed by atoms with van der Waals surface area (Å²) in [5.74, 6) is 0.121. The van der Waals surface area contributed by atoms with Crippen LogP contribution in [0.25, 0.3) is 11.3 Å². The van der Waals surface area contributed by atoms with Crippen LogP contribution in [0.15, 0.2) is 36.4 Å². The lowest BCUT2D eigenvalue weighted by Gasteiger charge is -2.02. The van der Waals surface area contributed by atoms with E-state index in [2.05, 4.69) is 5.10 Å². The molecule has 0 aliphatic heterocycles. The first kappa shape index (κ1) is 11.6. The van der Waals surface area contributed by atoms with Crippen molar-refractivity contribution in [2.24, 2.45) is 13.0 Å². The van der Waals surface area contributed by atoms with Gasteiger partial charge in [0, 0.05) is 18.5 Å². The van der Waals surface area contributed by atoms with E-state index in [-0.39, 0.29) is 11.7 Å². The first-order valence-electron chi connectivity index (χ1n) is 5.73. The van der Waals surface area contributed by atoms with Crippen molar-refractivity contribution in [3.05, 3.63) is 42.1 Å². The summed E-state index contributed by atoms with van der Waals surface area (Å²) in [5.41, 5.74) is 2.54. The van der Waals surface area contributed by atoms with Crippen molar-refractivity contribution in [3.63, 3.8) is 0 Å². The van der Waals surface area contributed by atoms with E-state index >= 15 is 0 Å². The molecule has 0 saturated heterocycles. The molecule has 0 fully saturated rings. The van der Waals surface area contributed by atoms with Crippen molar-refractivity contribution in [1.29, 1.82) is 0 Å². The SMILES string of the molecule is CC(C)C(=O)c1cc(-c2ccccc2)nn1C. The molecule has 3 heteroatoms. The predicted molar refractivity (Wildman–Crippen MR) is 67.8 cm³/mol. The maximum absolute atomic E-state index is 11.9. The number of aryl methyl sites for hydroxylation is 1. The molecular weight excluding hydrogens is 212 g/mol. The molecule has 0 radical (unpaired) electrons. The highest BCUT2D eigenvalue weighted by atomic mass is 16.1. The summed E-state index contributed by atoms with van der Waals surface area (Å²) in [6.07, 6.45) is 0. The average Bonchev–Trinajstić information content (AvgIpc) is 2.71. The molecule has 88 valence electrons. The number of carbonyl (C=O) groups is 1. The van der Waals surface area contributed by atoms with Crippen LogP contribution in [0.3, 0.4) is 0 Å². The number of aromatic nitrogens is 2. The Kier molecular flexibility index (Phi) is 3.09. The highest BCUT2D eigenvalue weighted by molar-refractivity contribution is 5.96. The average molecular weight is 228 g/mol. The van der Waals surface area contributed by atoms with Crippen molar-refractivity contribution in [1.82, 2.24) is 9.78 Å². The van der Waals surface area contributed by atoms with Gasteiger partial charge in [-0.05, 0) is 6.07 Å². The smallest absolute Gasteiger partial charge is 0.183 e. The van der Waals surface area contributed by atoms with Gasteiger partial charge in [-0.15, -0.1) is 0 Å². The minimum Gasteiger partial charge on any atom is -0.292 e. The van der Waals surface area contributed by atoms with Crippen LogP contribution < -0.4 is 0 Å². The molecule has 0 N–H and O–H groups in total. The molecule has 0 unspecified atom stereocenters. The van der Waals surface area contributed by atoms with E-state index < -0.39 is 0 Å². The number of benzene rings is 1. The van der Waals surface area contributed by atoms with Gasteiger partial charge in [0.15, 0.2) is 5.78 Å². The molecule has 2 rings (SSSR count). The van der Waals surface area contributed by atoms with Gasteiger partial charge in [-0.1, -0.05) is 44.2 Å². The fraction of sp³-hybridized carbons (Fsp3) is 0.286. The lowest BCUT2D eigenvalue weighted by molar-refractivity contribution is 0.0930. The maximum atomic E-state index is 11.9. The second-order valence-electron chi connectivity index (χ2n) is 4.42. The maximum Gasteiger partial charge on any atom is 0.183 e. The van der Waals surface area contributed by atoms with Gasteiger partial charge in [0.25, 0.3) is 0 Å². The number of hydrogen-bond donors (Lipinski definition) is 0. The second-order valence-corrected chi connectivity index (χ2v) is 4.42. The first-order valence-corrected chi connectivity index (χ1v) is 5.73. The van der Waals surface area contributed by atoms with Gasteiger partial charge in [-0.25, -0.2) is 0 Å². The lowest BCUT2D eigenvalue weighted by Crippen LogP contribution is -2.12. The Morgan fingerprint density at radius 3 is 2.47 bits per heavy atom. The molecular formula is C14H16N2O. The van der Waals surface area contributed by atoms with Crippen molar-refractivity contribution >= 4 is 5.78 Å². The Hall–Kier alpha value is -1.90. The van der Waals surface area contributed by atoms with Gasteiger partial charge in [0.05, 0.1) is 5.69 Å². The zero-order chi connectivity index (χ0) is 12.4. The molecule has 1 heterocycles. The van der Waals surface area contributed by atoms with Gasteiger partial charge < -0.3 is 0 Å². The minimum atomic E-state index is -0.00553. The Morgan fingerprint density at radius 2 is 1.88 bits per heavy atom. The summed E-state index contributed by atoms with van der Waals surface area (Å²) in [4.78, 5) is 11.9. The second kappa shape index (κ2) is 4.53. The van der Waals surface area contributed by atoms with Gasteiger partial charge in [0.1, 0.15) is 5.69 Å². The van der Waals surface area contributed by atoms with Crippen LogP contribution in [-0.2, 0) is 7.05 Å². The van der Waals surface area contributed by atoms with Crippen LogP contribution in [0, 0.1) is 5.92 Å². The van der Waals surface area contributed by atoms with Crippen LogP contribution >= 0.6 is 0 Å². The number of Topliss-reactive ketones (excluding diaryl/α,β-unsaturated/α-hetero) is 1. The molecule has 0 saturated carbocycles. The molecule has 0 bridgehead atoms. The topological polar surface area (TPSA) is 34.9 Å². The molecule has 3 nitrogen and oxygen atoms in total. The highest BCUT2D eigenvalue weighted by Crippen LogP contribution is 2.19. The van der Waals surface area contributed by atoms with E-state index in [1.165, 1.54) is 0 Å². The van der Waals surface area contributed by atoms with Crippen LogP contribution in [0.2, 0.25) is 0 Å². The quantitative estimate of drug-likeness (QED) is 0.757. The third-order valence-electron chi connectivity index (χ3n) is 2.73. The van der Waals surface area contributed by atoms with E-state index in [0.29, 0.717) is 5.69 Å². The monoisotopic (exact) mass is 228 g/mol. The van der Waals surface area contributed by atoms with Gasteiger partial charge in [0.2, 0.25) is 0 Å². The number of ketones is 1. The normalized spacial score (nSPS) is 10.8. The Balaban J connectivity index is 2.41. The van der Waals surface area contributed by atoms with Crippen molar-refractivity contribution in [2.75, 3.05) is 0 Å². The lowest BCUT2D eigenvalue weighted by atomic mass is 10.1. The van der Waals surface area contributed by atoms with Gasteiger partial charge in [-0.2, -0.15) is 5.10 Å². The summed E-state index contributed by atoms with van der Waals surface area (Å²) in [6, 6.07) is 11.7. The zero-order valence-corrected chi connectivity index (χ0v) is 10.3. The van der Waals surface area contributed by atoms with Crippen molar-refractivity contribution < 1.29 is 4.79 Å². The molecule has 0 amide bonds. The molecule has 0 aliphatic carbocycles. The molecule has 17 heavy (non-hydrogen) atoms. The number of nitrogens with zero attached hydrogens (tertiary/aromatic N) is 2. The predicted octanol–water partition coefficient (Wildman–Crippen LogP) is 2.93. The number of rotatable bonds is 3. The van der Waals surface area contributed by atoms with E-state index in [9.17, 15) is 4.79 Å². The molecule has 0 spiro atoms. The standard InChI is InChI=1S/C14H16N2O/c1-10(2)14(17)13-9-12(15-16(13)3)11-7-5-4-6-8-11/h4-10H,1-3H3. The van der Waals surface area contributed by atoms with E-state index in [1.807, 2.05) is 57.3 Å². The Bertz CT molecular complexity index is 526. The van der Waals surface area contributed by atoms with Crippen molar-refractivity contribution in [2.45, 2.75) is 13.8 Å². The van der Waals surface area contributed by atoms with E-state index in [0.717, 1.165) is 11.3 Å². The number of carbonyl (C=O) groups excluding carboxylic acids is 1. The van der Waals surface area contributed by atoms with Crippen LogP contribution in [0.4, 0.5) is 0 Å². The molecule has 0 atom stereocenters. The molecule has 1 aromatic carbocycles. The fourth-order valence-electron chi connectivity index (χ4n) is 1.74. The zero-order valence-electron chi connectivity index (χ0n) is 10.3. The van der Waals surface area contributed by atoms with Gasteiger partial charge >= 0.3 is 0 Å². The summed E-state index contributed by atoms with van der Waals surface area (Å²) in [5, 5.41) is 4.38. The Labute approximate surface area is 101 Å². The Morgan fingerprint density at radius 1 is 1.24 bits per heavy atom. The summed E-state index contributed by atoms with van der Waals surface area (Å²) < 4.78 is 1.66. The first-order chi connectivity index (χ1) is 8.09. The molecule has 0 aliphatic rings. The van der Waals surface area contributed by atoms with Crippen LogP contribution in [0.1, 0.15) is 24.3 Å². The third-order valence-corrected chi connectivity index (χ3v) is 2.73. The van der Waals surface area contributed by atoms with Crippen molar-refractivity contribution in [3.8, 4) is 11.3 Å². The van der Waals surface area contributed by atoms with Crippen LogP contribution in [0.5, 0.6) is 0 Å². The summed E-state index contributed by atoms with van der Waals surface area (Å²) in [7, 11) is 1.81. The fourth-order valence-corrected chi connectivity index (χ4v) is 1.74. The number of hydrogen-bond acceptors (Lipinski definition) is 2. The highest BCUT2D eigenvalue weighted by Gasteiger charge is 2.16. The summed E-state index contributed by atoms with van der Waals surface area (Å²) in [6.45, 7) is 3.80. The largest absolute Gasteiger partial charge is 0.292 e. The third kappa shape index (κ3) is 2.28. The van der Waals surface area contributed by atoms with E-state index in [4.69, 9.17) is 0 Å². The minimum absolute atomic E-state index is 0.00553.